The summed E-state index contributed by atoms with van der Waals surface area (Å²) in [6.07, 6.45) is 8.45. The van der Waals surface area contributed by atoms with Crippen molar-refractivity contribution in [3.05, 3.63) is 0 Å². The second kappa shape index (κ2) is 6.89. The van der Waals surface area contributed by atoms with E-state index >= 15 is 0 Å². The normalized spacial score (nSPS) is 25.0. The van der Waals surface area contributed by atoms with Gasteiger partial charge in [0.05, 0.1) is 5.84 Å². The van der Waals surface area contributed by atoms with E-state index in [-0.39, 0.29) is 0 Å². The van der Waals surface area contributed by atoms with Crippen LogP contribution in [0.2, 0.25) is 0 Å². The highest BCUT2D eigenvalue weighted by Crippen LogP contribution is 2.23. The van der Waals surface area contributed by atoms with Crippen molar-refractivity contribution in [3.8, 4) is 0 Å². The van der Waals surface area contributed by atoms with Gasteiger partial charge in [-0.3, -0.25) is 10.3 Å². The van der Waals surface area contributed by atoms with Crippen LogP contribution in [-0.4, -0.2) is 29.4 Å². The predicted octanol–water partition coefficient (Wildman–Crippen LogP) is 2.75. The number of nitrogens with zero attached hydrogens (tertiary/aromatic N) is 1. The molecule has 3 N–H and O–H groups in total. The van der Waals surface area contributed by atoms with E-state index < -0.39 is 0 Å². The van der Waals surface area contributed by atoms with Crippen LogP contribution in [0.5, 0.6) is 0 Å². The summed E-state index contributed by atoms with van der Waals surface area (Å²) in [5.41, 5.74) is 5.56. The molecule has 3 nitrogen and oxygen atoms in total. The van der Waals surface area contributed by atoms with Crippen LogP contribution in [0.25, 0.3) is 0 Å². The number of likely N-dealkylation sites (tertiary alicyclic amines) is 1. The molecule has 0 saturated carbocycles. The molecule has 0 amide bonds. The first-order valence-electron chi connectivity index (χ1n) is 6.77. The highest BCUT2D eigenvalue weighted by molar-refractivity contribution is 5.77. The molecule has 0 bridgehead atoms. The molecule has 1 heterocycles. The minimum atomic E-state index is 0.339. The number of amidine groups is 1. The quantitative estimate of drug-likeness (QED) is 0.558. The maximum absolute atomic E-state index is 7.48. The summed E-state index contributed by atoms with van der Waals surface area (Å²) >= 11 is 0. The summed E-state index contributed by atoms with van der Waals surface area (Å²) in [5, 5.41) is 7.48. The fraction of sp³-hybridized carbons (Fsp3) is 0.923. The van der Waals surface area contributed by atoms with E-state index in [9.17, 15) is 0 Å². The molecule has 0 aromatic carbocycles. The third kappa shape index (κ3) is 3.78. The number of nitrogens with two attached hydrogens (primary N) is 1. The Bertz CT molecular complexity index is 215. The van der Waals surface area contributed by atoms with Crippen molar-refractivity contribution >= 4 is 5.84 Å². The fourth-order valence-electron chi connectivity index (χ4n) is 2.87. The molecule has 1 fully saturated rings. The molecule has 0 aromatic rings. The first-order valence-corrected chi connectivity index (χ1v) is 6.77. The third-order valence-electron chi connectivity index (χ3n) is 3.79. The molecule has 0 radical (unpaired) electrons. The van der Waals surface area contributed by atoms with E-state index in [0.717, 1.165) is 12.8 Å². The van der Waals surface area contributed by atoms with Crippen LogP contribution in [0, 0.1) is 5.41 Å². The highest BCUT2D eigenvalue weighted by atomic mass is 15.2. The van der Waals surface area contributed by atoms with Gasteiger partial charge in [0, 0.05) is 18.5 Å². The smallest absolute Gasteiger partial charge is 0.0921 e. The molecule has 0 spiro atoms. The molecule has 1 aliphatic rings. The Kier molecular flexibility index (Phi) is 5.81. The zero-order valence-electron chi connectivity index (χ0n) is 10.8. The second-order valence-electron chi connectivity index (χ2n) is 4.94. The summed E-state index contributed by atoms with van der Waals surface area (Å²) in [7, 11) is 0. The van der Waals surface area contributed by atoms with Crippen LogP contribution in [0.15, 0.2) is 0 Å². The summed E-state index contributed by atoms with van der Waals surface area (Å²) in [4.78, 5) is 2.62. The van der Waals surface area contributed by atoms with Gasteiger partial charge in [-0.05, 0) is 32.2 Å². The van der Waals surface area contributed by atoms with E-state index in [2.05, 4.69) is 18.7 Å². The molecule has 2 unspecified atom stereocenters. The molecule has 3 heteroatoms. The van der Waals surface area contributed by atoms with Gasteiger partial charge >= 0.3 is 0 Å². The topological polar surface area (TPSA) is 53.1 Å². The van der Waals surface area contributed by atoms with E-state index in [4.69, 9.17) is 11.1 Å². The molecular weight excluding hydrogens is 198 g/mol. The summed E-state index contributed by atoms with van der Waals surface area (Å²) in [5.74, 6) is 0.339. The van der Waals surface area contributed by atoms with E-state index in [1.807, 2.05) is 0 Å². The van der Waals surface area contributed by atoms with Gasteiger partial charge in [0.2, 0.25) is 0 Å². The first-order chi connectivity index (χ1) is 7.69. The first kappa shape index (κ1) is 13.5. The number of hydrogen-bond donors (Lipinski definition) is 2. The molecule has 2 atom stereocenters. The van der Waals surface area contributed by atoms with Gasteiger partial charge in [-0.2, -0.15) is 0 Å². The second-order valence-corrected chi connectivity index (χ2v) is 4.94. The van der Waals surface area contributed by atoms with E-state index in [0.29, 0.717) is 17.9 Å². The fourth-order valence-corrected chi connectivity index (χ4v) is 2.87. The van der Waals surface area contributed by atoms with Crippen LogP contribution in [0.3, 0.4) is 0 Å². The Morgan fingerprint density at radius 3 is 2.69 bits per heavy atom. The minimum Gasteiger partial charge on any atom is -0.388 e. The van der Waals surface area contributed by atoms with Gasteiger partial charge in [0.1, 0.15) is 0 Å². The lowest BCUT2D eigenvalue weighted by Gasteiger charge is -2.36. The van der Waals surface area contributed by atoms with Crippen molar-refractivity contribution in [3.63, 3.8) is 0 Å². The average molecular weight is 225 g/mol. The standard InChI is InChI=1S/C13H27N3/c1-3-11-8-6-5-7-9-16(11)12(4-2)10-13(14)15/h11-12H,3-10H2,1-2H3,(H3,14,15). The zero-order valence-corrected chi connectivity index (χ0v) is 10.8. The Balaban J connectivity index is 2.65. The van der Waals surface area contributed by atoms with Crippen LogP contribution in [0.4, 0.5) is 0 Å². The van der Waals surface area contributed by atoms with Gasteiger partial charge in [-0.1, -0.05) is 26.7 Å². The largest absolute Gasteiger partial charge is 0.388 e. The molecule has 1 saturated heterocycles. The van der Waals surface area contributed by atoms with Gasteiger partial charge in [0.25, 0.3) is 0 Å². The maximum Gasteiger partial charge on any atom is 0.0921 e. The number of hydrogen-bond acceptors (Lipinski definition) is 2. The Morgan fingerprint density at radius 2 is 2.12 bits per heavy atom. The van der Waals surface area contributed by atoms with Crippen LogP contribution in [0.1, 0.15) is 58.8 Å². The number of rotatable bonds is 5. The molecule has 1 aliphatic heterocycles. The Morgan fingerprint density at radius 1 is 1.38 bits per heavy atom. The Hall–Kier alpha value is -0.570. The molecule has 16 heavy (non-hydrogen) atoms. The Labute approximate surface area is 99.9 Å². The molecule has 94 valence electrons. The van der Waals surface area contributed by atoms with Gasteiger partial charge in [-0.15, -0.1) is 0 Å². The molecular formula is C13H27N3. The van der Waals surface area contributed by atoms with Crippen LogP contribution in [-0.2, 0) is 0 Å². The van der Waals surface area contributed by atoms with Crippen molar-refractivity contribution in [1.82, 2.24) is 4.90 Å². The lowest BCUT2D eigenvalue weighted by Crippen LogP contribution is -2.44. The van der Waals surface area contributed by atoms with Crippen molar-refractivity contribution in [1.29, 1.82) is 5.41 Å². The lowest BCUT2D eigenvalue weighted by molar-refractivity contribution is 0.131. The van der Waals surface area contributed by atoms with Crippen molar-refractivity contribution < 1.29 is 0 Å². The minimum absolute atomic E-state index is 0.339. The van der Waals surface area contributed by atoms with Gasteiger partial charge in [-0.25, -0.2) is 0 Å². The van der Waals surface area contributed by atoms with Crippen molar-refractivity contribution in [2.24, 2.45) is 5.73 Å². The summed E-state index contributed by atoms with van der Waals surface area (Å²) < 4.78 is 0. The van der Waals surface area contributed by atoms with Crippen LogP contribution < -0.4 is 5.73 Å². The SMILES string of the molecule is CCC1CCCCCN1C(CC)CC(=N)N. The summed E-state index contributed by atoms with van der Waals surface area (Å²) in [6, 6.07) is 1.20. The van der Waals surface area contributed by atoms with Crippen molar-refractivity contribution in [2.45, 2.75) is 70.9 Å². The van der Waals surface area contributed by atoms with Gasteiger partial charge < -0.3 is 5.73 Å². The van der Waals surface area contributed by atoms with E-state index in [1.165, 1.54) is 38.6 Å². The lowest BCUT2D eigenvalue weighted by atomic mass is 10.0. The third-order valence-corrected chi connectivity index (χ3v) is 3.79. The van der Waals surface area contributed by atoms with Gasteiger partial charge in [0.15, 0.2) is 0 Å². The maximum atomic E-state index is 7.48. The molecule has 0 aromatic heterocycles. The average Bonchev–Trinajstić information content (AvgIpc) is 2.50. The molecule has 0 aliphatic carbocycles. The highest BCUT2D eigenvalue weighted by Gasteiger charge is 2.25. The van der Waals surface area contributed by atoms with Crippen LogP contribution >= 0.6 is 0 Å². The zero-order chi connectivity index (χ0) is 12.0. The van der Waals surface area contributed by atoms with Crippen molar-refractivity contribution in [2.75, 3.05) is 6.54 Å². The molecule has 1 rings (SSSR count). The van der Waals surface area contributed by atoms with E-state index in [1.54, 1.807) is 0 Å². The predicted molar refractivity (Wildman–Crippen MR) is 69.9 cm³/mol. The summed E-state index contributed by atoms with van der Waals surface area (Å²) in [6.45, 7) is 5.69. The monoisotopic (exact) mass is 225 g/mol. The number of nitrogens with one attached hydrogen (secondary N) is 1.